The molecular formula is C17H18N2O5S2. The second-order valence-electron chi connectivity index (χ2n) is 5.89. The molecule has 0 unspecified atom stereocenters. The Morgan fingerprint density at radius 2 is 1.88 bits per heavy atom. The van der Waals surface area contributed by atoms with E-state index in [-0.39, 0.29) is 28.1 Å². The molecule has 1 fully saturated rings. The van der Waals surface area contributed by atoms with E-state index in [1.165, 1.54) is 18.6 Å². The maximum absolute atomic E-state index is 12.4. The van der Waals surface area contributed by atoms with Crippen LogP contribution in [0.15, 0.2) is 40.6 Å². The molecule has 1 aliphatic rings. The van der Waals surface area contributed by atoms with Crippen molar-refractivity contribution in [2.24, 2.45) is 5.92 Å². The lowest BCUT2D eigenvalue weighted by molar-refractivity contribution is -0.117. The van der Waals surface area contributed by atoms with Crippen LogP contribution in [-0.2, 0) is 26.1 Å². The van der Waals surface area contributed by atoms with Crippen LogP contribution in [0.3, 0.4) is 0 Å². The number of ether oxygens (including phenoxy) is 1. The lowest BCUT2D eigenvalue weighted by Crippen LogP contribution is -2.24. The quantitative estimate of drug-likeness (QED) is 0.702. The van der Waals surface area contributed by atoms with E-state index in [0.717, 1.165) is 29.7 Å². The number of sulfonamides is 1. The van der Waals surface area contributed by atoms with Gasteiger partial charge in [-0.25, -0.2) is 17.9 Å². The number of amides is 1. The molecule has 9 heteroatoms. The van der Waals surface area contributed by atoms with Gasteiger partial charge in [0.25, 0.3) is 0 Å². The summed E-state index contributed by atoms with van der Waals surface area (Å²) in [7, 11) is -2.64. The van der Waals surface area contributed by atoms with Gasteiger partial charge >= 0.3 is 5.97 Å². The molecule has 1 aromatic carbocycles. The Kier molecular flexibility index (Phi) is 5.40. The summed E-state index contributed by atoms with van der Waals surface area (Å²) in [6.45, 7) is 0.0651. The highest BCUT2D eigenvalue weighted by Crippen LogP contribution is 2.30. The molecule has 7 nitrogen and oxygen atoms in total. The number of hydrogen-bond acceptors (Lipinski definition) is 6. The molecule has 0 bridgehead atoms. The van der Waals surface area contributed by atoms with Crippen molar-refractivity contribution in [2.75, 3.05) is 12.4 Å². The van der Waals surface area contributed by atoms with Gasteiger partial charge < -0.3 is 10.1 Å². The van der Waals surface area contributed by atoms with Crippen LogP contribution in [0.25, 0.3) is 0 Å². The molecule has 1 aliphatic carbocycles. The Bertz CT molecular complexity index is 915. The lowest BCUT2D eigenvalue weighted by Gasteiger charge is -2.08. The number of carbonyl (C=O) groups is 2. The third-order valence-electron chi connectivity index (χ3n) is 3.93. The van der Waals surface area contributed by atoms with Gasteiger partial charge in [-0.15, -0.1) is 11.3 Å². The van der Waals surface area contributed by atoms with E-state index < -0.39 is 16.0 Å². The van der Waals surface area contributed by atoms with Crippen LogP contribution in [0.5, 0.6) is 0 Å². The average Bonchev–Trinajstić information content (AvgIpc) is 3.36. The number of hydrogen-bond donors (Lipinski definition) is 2. The monoisotopic (exact) mass is 394 g/mol. The molecule has 138 valence electrons. The number of benzene rings is 1. The van der Waals surface area contributed by atoms with E-state index in [1.54, 1.807) is 24.3 Å². The molecule has 0 saturated heterocycles. The number of esters is 1. The van der Waals surface area contributed by atoms with Gasteiger partial charge in [0.2, 0.25) is 15.9 Å². The number of nitrogens with one attached hydrogen (secondary N) is 2. The molecule has 1 saturated carbocycles. The summed E-state index contributed by atoms with van der Waals surface area (Å²) < 4.78 is 31.9. The van der Waals surface area contributed by atoms with Crippen LogP contribution >= 0.6 is 11.3 Å². The Labute approximate surface area is 155 Å². The smallest absolute Gasteiger partial charge is 0.349 e. The van der Waals surface area contributed by atoms with Crippen LogP contribution in [0, 0.1) is 5.92 Å². The summed E-state index contributed by atoms with van der Waals surface area (Å²) in [5, 5.41) is 4.35. The van der Waals surface area contributed by atoms with Gasteiger partial charge in [0.1, 0.15) is 9.77 Å². The third-order valence-corrected chi connectivity index (χ3v) is 6.39. The van der Waals surface area contributed by atoms with E-state index >= 15 is 0 Å². The number of thiophene rings is 1. The molecule has 3 rings (SSSR count). The van der Waals surface area contributed by atoms with Crippen LogP contribution in [0.2, 0.25) is 0 Å². The maximum atomic E-state index is 12.4. The van der Waals surface area contributed by atoms with E-state index in [9.17, 15) is 18.0 Å². The predicted octanol–water partition coefficient (Wildman–Crippen LogP) is 2.36. The first-order valence-electron chi connectivity index (χ1n) is 7.96. The minimum Gasteiger partial charge on any atom is -0.465 e. The summed E-state index contributed by atoms with van der Waals surface area (Å²) in [6.07, 6.45) is 1.86. The summed E-state index contributed by atoms with van der Waals surface area (Å²) >= 11 is 1.01. The SMILES string of the molecule is COC(=O)c1sccc1S(=O)(=O)NCc1ccc(NC(=O)C2CC2)cc1. The molecule has 26 heavy (non-hydrogen) atoms. The van der Waals surface area contributed by atoms with Crippen molar-refractivity contribution in [2.45, 2.75) is 24.3 Å². The fourth-order valence-electron chi connectivity index (χ4n) is 2.30. The lowest BCUT2D eigenvalue weighted by atomic mass is 10.2. The van der Waals surface area contributed by atoms with Crippen molar-refractivity contribution in [3.8, 4) is 0 Å². The van der Waals surface area contributed by atoms with E-state index in [1.807, 2.05) is 0 Å². The normalized spacial score (nSPS) is 14.0. The molecule has 2 N–H and O–H groups in total. The zero-order valence-electron chi connectivity index (χ0n) is 14.0. The number of carbonyl (C=O) groups excluding carboxylic acids is 2. The minimum absolute atomic E-state index is 0.0197. The van der Waals surface area contributed by atoms with Gasteiger partial charge in [-0.05, 0) is 42.0 Å². The highest BCUT2D eigenvalue weighted by molar-refractivity contribution is 7.89. The maximum Gasteiger partial charge on any atom is 0.349 e. The molecular weight excluding hydrogens is 376 g/mol. The molecule has 0 atom stereocenters. The second-order valence-corrected chi connectivity index (χ2v) is 8.54. The van der Waals surface area contributed by atoms with Crippen molar-refractivity contribution in [3.05, 3.63) is 46.2 Å². The topological polar surface area (TPSA) is 102 Å². The zero-order valence-corrected chi connectivity index (χ0v) is 15.7. The highest BCUT2D eigenvalue weighted by Gasteiger charge is 2.29. The Morgan fingerprint density at radius 1 is 1.19 bits per heavy atom. The molecule has 0 aliphatic heterocycles. The van der Waals surface area contributed by atoms with Gasteiger partial charge in [0.05, 0.1) is 7.11 Å². The molecule has 1 amide bonds. The average molecular weight is 394 g/mol. The number of methoxy groups -OCH3 is 1. The van der Waals surface area contributed by atoms with Gasteiger partial charge in [-0.2, -0.15) is 0 Å². The molecule has 0 radical (unpaired) electrons. The van der Waals surface area contributed by atoms with Gasteiger partial charge in [0, 0.05) is 18.2 Å². The Hall–Kier alpha value is -2.23. The molecule has 2 aromatic rings. The second kappa shape index (κ2) is 7.56. The Balaban J connectivity index is 1.63. The largest absolute Gasteiger partial charge is 0.465 e. The predicted molar refractivity (Wildman–Crippen MR) is 97.5 cm³/mol. The fraction of sp³-hybridized carbons (Fsp3) is 0.294. The van der Waals surface area contributed by atoms with Crippen molar-refractivity contribution >= 4 is 38.9 Å². The summed E-state index contributed by atoms with van der Waals surface area (Å²) in [4.78, 5) is 23.3. The standard InChI is InChI=1S/C17H18N2O5S2/c1-24-17(21)15-14(8-9-25-15)26(22,23)18-10-11-2-6-13(7-3-11)19-16(20)12-4-5-12/h2-3,6-9,12,18H,4-5,10H2,1H3,(H,19,20). The van der Waals surface area contributed by atoms with E-state index in [2.05, 4.69) is 14.8 Å². The summed E-state index contributed by atoms with van der Waals surface area (Å²) in [5.74, 6) is -0.543. The van der Waals surface area contributed by atoms with Crippen molar-refractivity contribution in [1.29, 1.82) is 0 Å². The zero-order chi connectivity index (χ0) is 18.7. The Morgan fingerprint density at radius 3 is 2.50 bits per heavy atom. The highest BCUT2D eigenvalue weighted by atomic mass is 32.2. The molecule has 1 heterocycles. The van der Waals surface area contributed by atoms with Crippen molar-refractivity contribution < 1.29 is 22.7 Å². The van der Waals surface area contributed by atoms with Gasteiger partial charge in [0.15, 0.2) is 0 Å². The molecule has 1 aromatic heterocycles. The fourth-order valence-corrected chi connectivity index (χ4v) is 4.65. The van der Waals surface area contributed by atoms with E-state index in [0.29, 0.717) is 5.69 Å². The first-order chi connectivity index (χ1) is 12.4. The summed E-state index contributed by atoms with van der Waals surface area (Å²) in [5.41, 5.74) is 1.41. The number of rotatable bonds is 7. The van der Waals surface area contributed by atoms with Gasteiger partial charge in [-0.1, -0.05) is 12.1 Å². The first-order valence-corrected chi connectivity index (χ1v) is 10.3. The third kappa shape index (κ3) is 4.29. The van der Waals surface area contributed by atoms with Crippen LogP contribution in [0.4, 0.5) is 5.69 Å². The minimum atomic E-state index is -3.84. The van der Waals surface area contributed by atoms with Gasteiger partial charge in [-0.3, -0.25) is 4.79 Å². The van der Waals surface area contributed by atoms with Crippen LogP contribution in [0.1, 0.15) is 28.1 Å². The van der Waals surface area contributed by atoms with E-state index in [4.69, 9.17) is 0 Å². The molecule has 0 spiro atoms. The summed E-state index contributed by atoms with van der Waals surface area (Å²) in [6, 6.07) is 8.30. The van der Waals surface area contributed by atoms with Crippen LogP contribution < -0.4 is 10.0 Å². The number of anilines is 1. The first kappa shape index (κ1) is 18.6. The van der Waals surface area contributed by atoms with Crippen molar-refractivity contribution in [3.63, 3.8) is 0 Å². The van der Waals surface area contributed by atoms with Crippen molar-refractivity contribution in [1.82, 2.24) is 4.72 Å². The van der Waals surface area contributed by atoms with Crippen LogP contribution in [-0.4, -0.2) is 27.4 Å².